The van der Waals surface area contributed by atoms with Crippen molar-refractivity contribution in [2.24, 2.45) is 0 Å². The maximum atomic E-state index is 5.82. The molecule has 1 aliphatic heterocycles. The summed E-state index contributed by atoms with van der Waals surface area (Å²) >= 11 is 0. The van der Waals surface area contributed by atoms with Gasteiger partial charge in [0.15, 0.2) is 5.75 Å². The lowest BCUT2D eigenvalue weighted by Gasteiger charge is -2.20. The van der Waals surface area contributed by atoms with Gasteiger partial charge in [-0.3, -0.25) is 0 Å². The predicted molar refractivity (Wildman–Crippen MR) is 57.9 cm³/mol. The second kappa shape index (κ2) is 2.98. The summed E-state index contributed by atoms with van der Waals surface area (Å²) in [5.74, 6) is 1.22. The van der Waals surface area contributed by atoms with E-state index in [1.54, 1.807) is 0 Å². The lowest BCUT2D eigenvalue weighted by Crippen LogP contribution is -2.18. The molecule has 1 aromatic carbocycles. The maximum absolute atomic E-state index is 5.82. The minimum atomic E-state index is 0.459. The number of ether oxygens (including phenoxy) is 1. The van der Waals surface area contributed by atoms with Gasteiger partial charge in [-0.2, -0.15) is 0 Å². The third-order valence-corrected chi connectivity index (χ3v) is 2.45. The fourth-order valence-electron chi connectivity index (χ4n) is 1.77. The Hall–Kier alpha value is -2.04. The first-order valence-corrected chi connectivity index (χ1v) is 4.76. The van der Waals surface area contributed by atoms with Crippen LogP contribution >= 0.6 is 0 Å². The molecule has 3 rings (SSSR count). The molecule has 1 aliphatic rings. The van der Waals surface area contributed by atoms with Crippen LogP contribution in [0.3, 0.4) is 0 Å². The molecule has 2 heterocycles. The molecule has 0 spiro atoms. The number of benzene rings is 1. The lowest BCUT2D eigenvalue weighted by atomic mass is 10.1. The van der Waals surface area contributed by atoms with Gasteiger partial charge < -0.3 is 15.8 Å². The maximum Gasteiger partial charge on any atom is 0.155 e. The minimum Gasteiger partial charge on any atom is -0.489 e. The molecule has 1 aromatic heterocycles. The van der Waals surface area contributed by atoms with Crippen LogP contribution in [0.1, 0.15) is 0 Å². The molecule has 3 N–H and O–H groups in total. The van der Waals surface area contributed by atoms with E-state index in [2.05, 4.69) is 15.3 Å². The molecule has 0 aliphatic carbocycles. The second-order valence-corrected chi connectivity index (χ2v) is 3.37. The Morgan fingerprint density at radius 2 is 2.27 bits per heavy atom. The summed E-state index contributed by atoms with van der Waals surface area (Å²) in [6, 6.07) is 3.86. The van der Waals surface area contributed by atoms with Crippen molar-refractivity contribution in [1.82, 2.24) is 9.97 Å². The van der Waals surface area contributed by atoms with Crippen molar-refractivity contribution in [3.8, 4) is 5.75 Å². The fourth-order valence-corrected chi connectivity index (χ4v) is 1.77. The normalized spacial score (nSPS) is 14.1. The molecule has 0 amide bonds. The number of nitrogens with two attached hydrogens (primary N) is 1. The molecule has 76 valence electrons. The molecule has 0 unspecified atom stereocenters. The molecule has 15 heavy (non-hydrogen) atoms. The SMILES string of the molecule is Nc1ncnc2ccc3c(c12)OCCN3. The number of nitrogens with zero attached hydrogens (tertiary/aromatic N) is 2. The van der Waals surface area contributed by atoms with Crippen molar-refractivity contribution >= 4 is 22.4 Å². The van der Waals surface area contributed by atoms with E-state index in [0.29, 0.717) is 12.4 Å². The van der Waals surface area contributed by atoms with Crippen LogP contribution in [0.5, 0.6) is 5.75 Å². The van der Waals surface area contributed by atoms with Crippen LogP contribution in [0.15, 0.2) is 18.5 Å². The van der Waals surface area contributed by atoms with E-state index in [-0.39, 0.29) is 0 Å². The topological polar surface area (TPSA) is 73.1 Å². The first-order chi connectivity index (χ1) is 7.36. The second-order valence-electron chi connectivity index (χ2n) is 3.37. The zero-order valence-corrected chi connectivity index (χ0v) is 8.03. The molecular weight excluding hydrogens is 192 g/mol. The smallest absolute Gasteiger partial charge is 0.155 e. The Bertz CT molecular complexity index is 526. The van der Waals surface area contributed by atoms with Gasteiger partial charge in [-0.05, 0) is 12.1 Å². The van der Waals surface area contributed by atoms with Crippen LogP contribution in [0, 0.1) is 0 Å². The predicted octanol–water partition coefficient (Wildman–Crippen LogP) is 1.02. The summed E-state index contributed by atoms with van der Waals surface area (Å²) in [6.45, 7) is 1.45. The van der Waals surface area contributed by atoms with E-state index in [0.717, 1.165) is 28.9 Å². The number of rotatable bonds is 0. The number of nitrogens with one attached hydrogen (secondary N) is 1. The van der Waals surface area contributed by atoms with Gasteiger partial charge in [0.2, 0.25) is 0 Å². The van der Waals surface area contributed by atoms with Gasteiger partial charge in [0.1, 0.15) is 18.8 Å². The van der Waals surface area contributed by atoms with Crippen molar-refractivity contribution in [3.63, 3.8) is 0 Å². The van der Waals surface area contributed by atoms with Crippen molar-refractivity contribution in [2.45, 2.75) is 0 Å². The third-order valence-electron chi connectivity index (χ3n) is 2.45. The molecule has 5 heteroatoms. The van der Waals surface area contributed by atoms with E-state index in [1.807, 2.05) is 12.1 Å². The number of aromatic nitrogens is 2. The lowest BCUT2D eigenvalue weighted by molar-refractivity contribution is 0.327. The zero-order valence-electron chi connectivity index (χ0n) is 8.03. The van der Waals surface area contributed by atoms with Crippen LogP contribution in [-0.2, 0) is 0 Å². The van der Waals surface area contributed by atoms with Gasteiger partial charge in [0.25, 0.3) is 0 Å². The molecule has 0 radical (unpaired) electrons. The largest absolute Gasteiger partial charge is 0.489 e. The van der Waals surface area contributed by atoms with Crippen molar-refractivity contribution < 1.29 is 4.74 Å². The van der Waals surface area contributed by atoms with Crippen LogP contribution in [-0.4, -0.2) is 23.1 Å². The Morgan fingerprint density at radius 1 is 1.33 bits per heavy atom. The Morgan fingerprint density at radius 3 is 3.20 bits per heavy atom. The Labute approximate surface area is 86.3 Å². The monoisotopic (exact) mass is 202 g/mol. The third kappa shape index (κ3) is 1.16. The summed E-state index contributed by atoms with van der Waals surface area (Å²) in [7, 11) is 0. The highest BCUT2D eigenvalue weighted by atomic mass is 16.5. The molecule has 0 fully saturated rings. The van der Waals surface area contributed by atoms with Gasteiger partial charge in [-0.1, -0.05) is 0 Å². The number of anilines is 2. The molecular formula is C10H10N4O. The molecule has 5 nitrogen and oxygen atoms in total. The van der Waals surface area contributed by atoms with Crippen molar-refractivity contribution in [3.05, 3.63) is 18.5 Å². The number of fused-ring (bicyclic) bond motifs is 3. The summed E-state index contributed by atoms with van der Waals surface area (Å²) < 4.78 is 5.60. The average Bonchev–Trinajstić information content (AvgIpc) is 2.29. The van der Waals surface area contributed by atoms with E-state index in [4.69, 9.17) is 10.5 Å². The highest BCUT2D eigenvalue weighted by Gasteiger charge is 2.15. The van der Waals surface area contributed by atoms with Gasteiger partial charge in [0.05, 0.1) is 16.6 Å². The fraction of sp³-hybridized carbons (Fsp3) is 0.200. The van der Waals surface area contributed by atoms with Crippen LogP contribution < -0.4 is 15.8 Å². The minimum absolute atomic E-state index is 0.459. The number of hydrogen-bond acceptors (Lipinski definition) is 5. The van der Waals surface area contributed by atoms with E-state index in [9.17, 15) is 0 Å². The van der Waals surface area contributed by atoms with Gasteiger partial charge >= 0.3 is 0 Å². The first kappa shape index (κ1) is 8.28. The zero-order chi connectivity index (χ0) is 10.3. The first-order valence-electron chi connectivity index (χ1n) is 4.76. The van der Waals surface area contributed by atoms with E-state index < -0.39 is 0 Å². The summed E-state index contributed by atoms with van der Waals surface area (Å²) in [5, 5.41) is 4.04. The van der Waals surface area contributed by atoms with Crippen LogP contribution in [0.4, 0.5) is 11.5 Å². The molecule has 0 atom stereocenters. The highest BCUT2D eigenvalue weighted by molar-refractivity contribution is 5.98. The Kier molecular flexibility index (Phi) is 1.65. The number of nitrogen functional groups attached to an aromatic ring is 1. The summed E-state index contributed by atoms with van der Waals surface area (Å²) in [4.78, 5) is 8.13. The standard InChI is InChI=1S/C10H10N4O/c11-10-8-6(13-5-14-10)1-2-7-9(8)15-4-3-12-7/h1-2,5,12H,3-4H2,(H2,11,13,14). The molecule has 2 aromatic rings. The highest BCUT2D eigenvalue weighted by Crippen LogP contribution is 2.36. The summed E-state index contributed by atoms with van der Waals surface area (Å²) in [5.41, 5.74) is 7.59. The van der Waals surface area contributed by atoms with Crippen molar-refractivity contribution in [2.75, 3.05) is 24.2 Å². The van der Waals surface area contributed by atoms with E-state index in [1.165, 1.54) is 6.33 Å². The summed E-state index contributed by atoms with van der Waals surface area (Å²) in [6.07, 6.45) is 1.46. The molecule has 0 saturated carbocycles. The number of hydrogen-bond donors (Lipinski definition) is 2. The van der Waals surface area contributed by atoms with Crippen LogP contribution in [0.2, 0.25) is 0 Å². The molecule has 0 bridgehead atoms. The van der Waals surface area contributed by atoms with Crippen molar-refractivity contribution in [1.29, 1.82) is 0 Å². The Balaban J connectivity index is 2.39. The average molecular weight is 202 g/mol. The van der Waals surface area contributed by atoms with E-state index >= 15 is 0 Å². The van der Waals surface area contributed by atoms with Gasteiger partial charge in [0, 0.05) is 6.54 Å². The quantitative estimate of drug-likeness (QED) is 0.667. The van der Waals surface area contributed by atoms with Crippen LogP contribution in [0.25, 0.3) is 10.9 Å². The molecule has 0 saturated heterocycles. The van der Waals surface area contributed by atoms with Gasteiger partial charge in [-0.15, -0.1) is 0 Å². The van der Waals surface area contributed by atoms with Gasteiger partial charge in [-0.25, -0.2) is 9.97 Å².